The summed E-state index contributed by atoms with van der Waals surface area (Å²) in [6.07, 6.45) is -0.572. The van der Waals surface area contributed by atoms with Crippen LogP contribution in [0.4, 0.5) is 10.5 Å². The minimum atomic E-state index is -1.09. The molecule has 0 aliphatic rings. The maximum absolute atomic E-state index is 11.8. The van der Waals surface area contributed by atoms with Crippen molar-refractivity contribution in [3.63, 3.8) is 0 Å². The molecule has 0 aliphatic heterocycles. The largest absolute Gasteiger partial charge is 0.477 e. The van der Waals surface area contributed by atoms with Gasteiger partial charge in [0, 0.05) is 5.39 Å². The molecular formula is C15H16N2O4. The maximum Gasteiger partial charge on any atom is 0.412 e. The van der Waals surface area contributed by atoms with Crippen LogP contribution in [-0.2, 0) is 4.74 Å². The lowest BCUT2D eigenvalue weighted by Gasteiger charge is -2.20. The molecule has 2 aromatic rings. The van der Waals surface area contributed by atoms with Gasteiger partial charge in [0.1, 0.15) is 11.3 Å². The number of nitrogens with one attached hydrogen (secondary N) is 1. The van der Waals surface area contributed by atoms with Crippen LogP contribution in [0.3, 0.4) is 0 Å². The zero-order valence-electron chi connectivity index (χ0n) is 12.0. The lowest BCUT2D eigenvalue weighted by Crippen LogP contribution is -2.27. The Morgan fingerprint density at radius 2 is 1.90 bits per heavy atom. The first-order chi connectivity index (χ1) is 9.76. The maximum atomic E-state index is 11.8. The van der Waals surface area contributed by atoms with Gasteiger partial charge in [0.05, 0.1) is 11.2 Å². The summed E-state index contributed by atoms with van der Waals surface area (Å²) in [5.41, 5.74) is 0.371. The molecule has 0 unspecified atom stereocenters. The summed E-state index contributed by atoms with van der Waals surface area (Å²) in [7, 11) is 0. The van der Waals surface area contributed by atoms with E-state index in [2.05, 4.69) is 10.3 Å². The monoisotopic (exact) mass is 288 g/mol. The zero-order chi connectivity index (χ0) is 15.6. The van der Waals surface area contributed by atoms with Crippen LogP contribution in [0, 0.1) is 0 Å². The quantitative estimate of drug-likeness (QED) is 0.885. The normalized spacial score (nSPS) is 11.2. The lowest BCUT2D eigenvalue weighted by atomic mass is 10.1. The highest BCUT2D eigenvalue weighted by molar-refractivity contribution is 6.00. The Bertz CT molecular complexity index is 704. The second-order valence-corrected chi connectivity index (χ2v) is 5.50. The van der Waals surface area contributed by atoms with Gasteiger partial charge >= 0.3 is 12.1 Å². The van der Waals surface area contributed by atoms with Gasteiger partial charge in [-0.2, -0.15) is 0 Å². The first-order valence-electron chi connectivity index (χ1n) is 6.39. The van der Waals surface area contributed by atoms with Crippen molar-refractivity contribution in [3.8, 4) is 0 Å². The van der Waals surface area contributed by atoms with Crippen molar-refractivity contribution in [2.45, 2.75) is 26.4 Å². The number of pyridine rings is 1. The van der Waals surface area contributed by atoms with Crippen LogP contribution < -0.4 is 5.32 Å². The van der Waals surface area contributed by atoms with Crippen LogP contribution >= 0.6 is 0 Å². The Labute approximate surface area is 121 Å². The molecular weight excluding hydrogens is 272 g/mol. The number of nitrogens with zero attached hydrogens (tertiary/aromatic N) is 1. The van der Waals surface area contributed by atoms with Gasteiger partial charge in [-0.1, -0.05) is 6.07 Å². The standard InChI is InChI=1S/C15H16N2O4/c1-15(2,3)21-14(20)17-11-6-4-5-10-9(11)7-8-12(16-10)13(18)19/h4-8H,1-3H3,(H,17,20)(H,18,19). The molecule has 1 amide bonds. The number of carbonyl (C=O) groups excluding carboxylic acids is 1. The highest BCUT2D eigenvalue weighted by atomic mass is 16.6. The van der Waals surface area contributed by atoms with E-state index in [1.165, 1.54) is 6.07 Å². The topological polar surface area (TPSA) is 88.5 Å². The number of carboxylic acids is 1. The van der Waals surface area contributed by atoms with E-state index in [9.17, 15) is 9.59 Å². The average Bonchev–Trinajstić information content (AvgIpc) is 2.36. The van der Waals surface area contributed by atoms with E-state index in [1.807, 2.05) is 0 Å². The smallest absolute Gasteiger partial charge is 0.412 e. The molecule has 0 aliphatic carbocycles. The summed E-state index contributed by atoms with van der Waals surface area (Å²) >= 11 is 0. The van der Waals surface area contributed by atoms with Crippen molar-refractivity contribution < 1.29 is 19.4 Å². The molecule has 0 saturated heterocycles. The van der Waals surface area contributed by atoms with Crippen LogP contribution in [0.1, 0.15) is 31.3 Å². The number of aromatic nitrogens is 1. The van der Waals surface area contributed by atoms with Gasteiger partial charge < -0.3 is 9.84 Å². The van der Waals surface area contributed by atoms with Gasteiger partial charge in [0.2, 0.25) is 0 Å². The Morgan fingerprint density at radius 3 is 2.52 bits per heavy atom. The number of benzene rings is 1. The van der Waals surface area contributed by atoms with Crippen LogP contribution in [0.15, 0.2) is 30.3 Å². The van der Waals surface area contributed by atoms with E-state index >= 15 is 0 Å². The summed E-state index contributed by atoms with van der Waals surface area (Å²) in [6.45, 7) is 5.32. The molecule has 110 valence electrons. The Balaban J connectivity index is 2.33. The number of carboxylic acid groups (broad SMARTS) is 1. The summed E-state index contributed by atoms with van der Waals surface area (Å²) in [6, 6.07) is 8.08. The number of aromatic carboxylic acids is 1. The fourth-order valence-electron chi connectivity index (χ4n) is 1.80. The molecule has 1 aromatic carbocycles. The number of fused-ring (bicyclic) bond motifs is 1. The minimum absolute atomic E-state index is 0.0445. The Kier molecular flexibility index (Phi) is 3.80. The van der Waals surface area contributed by atoms with Gasteiger partial charge in [-0.25, -0.2) is 14.6 Å². The third kappa shape index (κ3) is 3.68. The lowest BCUT2D eigenvalue weighted by molar-refractivity contribution is 0.0634. The Hall–Kier alpha value is -2.63. The van der Waals surface area contributed by atoms with E-state index in [1.54, 1.807) is 45.0 Å². The fraction of sp³-hybridized carbons (Fsp3) is 0.267. The highest BCUT2D eigenvalue weighted by Crippen LogP contribution is 2.23. The Morgan fingerprint density at radius 1 is 1.19 bits per heavy atom. The molecule has 0 spiro atoms. The van der Waals surface area contributed by atoms with Crippen molar-refractivity contribution in [1.29, 1.82) is 0 Å². The second kappa shape index (κ2) is 5.40. The third-order valence-electron chi connectivity index (χ3n) is 2.59. The van der Waals surface area contributed by atoms with Crippen molar-refractivity contribution >= 4 is 28.7 Å². The molecule has 21 heavy (non-hydrogen) atoms. The van der Waals surface area contributed by atoms with Gasteiger partial charge in [-0.3, -0.25) is 5.32 Å². The van der Waals surface area contributed by atoms with Crippen LogP contribution in [0.5, 0.6) is 0 Å². The molecule has 0 fully saturated rings. The molecule has 1 aromatic heterocycles. The average molecular weight is 288 g/mol. The van der Waals surface area contributed by atoms with Crippen molar-refractivity contribution in [2.75, 3.05) is 5.32 Å². The predicted molar refractivity (Wildman–Crippen MR) is 78.6 cm³/mol. The van der Waals surface area contributed by atoms with E-state index in [-0.39, 0.29) is 5.69 Å². The van der Waals surface area contributed by atoms with E-state index in [4.69, 9.17) is 9.84 Å². The number of amides is 1. The molecule has 2 rings (SSSR count). The summed E-state index contributed by atoms with van der Waals surface area (Å²) in [5.74, 6) is -1.09. The van der Waals surface area contributed by atoms with Gasteiger partial charge in [-0.15, -0.1) is 0 Å². The molecule has 0 radical (unpaired) electrons. The third-order valence-corrected chi connectivity index (χ3v) is 2.59. The van der Waals surface area contributed by atoms with Crippen LogP contribution in [-0.4, -0.2) is 27.8 Å². The summed E-state index contributed by atoms with van der Waals surface area (Å²) < 4.78 is 5.19. The summed E-state index contributed by atoms with van der Waals surface area (Å²) in [5, 5.41) is 12.2. The second-order valence-electron chi connectivity index (χ2n) is 5.50. The molecule has 6 nitrogen and oxygen atoms in total. The minimum Gasteiger partial charge on any atom is -0.477 e. The predicted octanol–water partition coefficient (Wildman–Crippen LogP) is 3.28. The molecule has 0 saturated carbocycles. The number of anilines is 1. The first kappa shape index (κ1) is 14.8. The molecule has 0 atom stereocenters. The van der Waals surface area contributed by atoms with E-state index in [0.717, 1.165) is 0 Å². The zero-order valence-corrected chi connectivity index (χ0v) is 12.0. The SMILES string of the molecule is CC(C)(C)OC(=O)Nc1cccc2nc(C(=O)O)ccc12. The first-order valence-corrected chi connectivity index (χ1v) is 6.39. The van der Waals surface area contributed by atoms with Gasteiger partial charge in [0.25, 0.3) is 0 Å². The van der Waals surface area contributed by atoms with Crippen LogP contribution in [0.25, 0.3) is 10.9 Å². The number of hydrogen-bond donors (Lipinski definition) is 2. The van der Waals surface area contributed by atoms with Crippen LogP contribution in [0.2, 0.25) is 0 Å². The van der Waals surface area contributed by atoms with E-state index < -0.39 is 17.7 Å². The number of carbonyl (C=O) groups is 2. The van der Waals surface area contributed by atoms with Gasteiger partial charge in [-0.05, 0) is 45.0 Å². The number of rotatable bonds is 2. The number of ether oxygens (including phenoxy) is 1. The van der Waals surface area contributed by atoms with Crippen molar-refractivity contribution in [3.05, 3.63) is 36.0 Å². The molecule has 2 N–H and O–H groups in total. The van der Waals surface area contributed by atoms with E-state index in [0.29, 0.717) is 16.6 Å². The number of hydrogen-bond acceptors (Lipinski definition) is 4. The van der Waals surface area contributed by atoms with Crippen molar-refractivity contribution in [2.24, 2.45) is 0 Å². The van der Waals surface area contributed by atoms with Crippen molar-refractivity contribution in [1.82, 2.24) is 4.98 Å². The van der Waals surface area contributed by atoms with Gasteiger partial charge in [0.15, 0.2) is 0 Å². The molecule has 1 heterocycles. The molecule has 6 heteroatoms. The fourth-order valence-corrected chi connectivity index (χ4v) is 1.80. The highest BCUT2D eigenvalue weighted by Gasteiger charge is 2.17. The summed E-state index contributed by atoms with van der Waals surface area (Å²) in [4.78, 5) is 26.7. The molecule has 0 bridgehead atoms.